The normalized spacial score (nSPS) is 11.4. The Balaban J connectivity index is 0.000000212. The Labute approximate surface area is 279 Å². The van der Waals surface area contributed by atoms with Gasteiger partial charge in [0.05, 0.1) is 5.58 Å². The molecule has 1 radical (unpaired) electrons. The van der Waals surface area contributed by atoms with Gasteiger partial charge < -0.3 is 14.4 Å². The predicted octanol–water partition coefficient (Wildman–Crippen LogP) is 10.4. The van der Waals surface area contributed by atoms with Crippen LogP contribution in [0.5, 0.6) is 0 Å². The summed E-state index contributed by atoms with van der Waals surface area (Å²) in [6.45, 7) is 15.0. The average Bonchev–Trinajstić information content (AvgIpc) is 3.38. The van der Waals surface area contributed by atoms with E-state index in [1.807, 2.05) is 37.5 Å². The number of benzene rings is 3. The summed E-state index contributed by atoms with van der Waals surface area (Å²) in [5, 5.41) is 3.23. The minimum absolute atomic E-state index is 0. The molecule has 0 N–H and O–H groups in total. The van der Waals surface area contributed by atoms with Crippen LogP contribution in [-0.2, 0) is 26.5 Å². The van der Waals surface area contributed by atoms with Crippen LogP contribution >= 0.6 is 0 Å². The molecule has 0 saturated heterocycles. The first-order valence-electron chi connectivity index (χ1n) is 15.1. The van der Waals surface area contributed by atoms with Crippen molar-refractivity contribution in [1.82, 2.24) is 15.0 Å². The van der Waals surface area contributed by atoms with E-state index in [9.17, 15) is 0 Å². The van der Waals surface area contributed by atoms with Gasteiger partial charge in [-0.15, -0.1) is 53.6 Å². The first-order valence-corrected chi connectivity index (χ1v) is 15.1. The number of aromatic nitrogens is 3. The molecule has 4 aromatic heterocycles. The summed E-state index contributed by atoms with van der Waals surface area (Å²) in [7, 11) is 0. The van der Waals surface area contributed by atoms with Gasteiger partial charge in [-0.1, -0.05) is 80.1 Å². The summed E-state index contributed by atoms with van der Waals surface area (Å²) in [4.78, 5) is 13.8. The summed E-state index contributed by atoms with van der Waals surface area (Å²) >= 11 is 0. The Hall–Kier alpha value is -4.18. The van der Waals surface area contributed by atoms with Gasteiger partial charge in [0, 0.05) is 49.0 Å². The Morgan fingerprint density at radius 1 is 0.756 bits per heavy atom. The Bertz CT molecular complexity index is 2120. The quantitative estimate of drug-likeness (QED) is 0.168. The second-order valence-corrected chi connectivity index (χ2v) is 12.9. The van der Waals surface area contributed by atoms with E-state index < -0.39 is 0 Å². The number of hydrogen-bond donors (Lipinski definition) is 0. The fraction of sp³-hybridized carbons (Fsp3) is 0.225. The zero-order valence-corrected chi connectivity index (χ0v) is 29.3. The van der Waals surface area contributed by atoms with Gasteiger partial charge in [-0.2, -0.15) is 0 Å². The van der Waals surface area contributed by atoms with Crippen molar-refractivity contribution < 1.29 is 24.5 Å². The van der Waals surface area contributed by atoms with Crippen molar-refractivity contribution in [2.45, 2.75) is 54.9 Å². The van der Waals surface area contributed by atoms with Crippen molar-refractivity contribution in [2.24, 2.45) is 5.41 Å². The van der Waals surface area contributed by atoms with Crippen molar-refractivity contribution in [2.75, 3.05) is 0 Å². The molecule has 0 aliphatic heterocycles. The van der Waals surface area contributed by atoms with Crippen molar-refractivity contribution in [3.8, 4) is 22.5 Å². The maximum atomic E-state index is 6.41. The van der Waals surface area contributed by atoms with Gasteiger partial charge in [-0.05, 0) is 61.7 Å². The van der Waals surface area contributed by atoms with E-state index in [2.05, 4.69) is 118 Å². The molecule has 0 bridgehead atoms. The summed E-state index contributed by atoms with van der Waals surface area (Å²) in [5.41, 5.74) is 12.6. The van der Waals surface area contributed by atoms with Crippen molar-refractivity contribution in [1.29, 1.82) is 0 Å². The minimum atomic E-state index is 0. The first kappa shape index (κ1) is 32.2. The average molecular weight is 768 g/mol. The second-order valence-electron chi connectivity index (χ2n) is 12.9. The molecule has 0 spiro atoms. The standard InChI is InChI=1S/C26H23N2O.C14H14N.Ir/c1-16-8-9-18-10-11-20-19-6-5-7-21(24(19)29-25(20)23(18)28-16)22-14-17(12-13-27-22)15-26(2,3)4;1-10-4-6-13(7-5-10)14-8-11(2)12(3)9-15-14;/h5-6,8-14H,15H2,1-4H3;4-6,8-9H,1-3H3;/q2*-1;. The van der Waals surface area contributed by atoms with Gasteiger partial charge in [-0.25, -0.2) is 4.98 Å². The number of hydrogen-bond acceptors (Lipinski definition) is 4. The zero-order chi connectivity index (χ0) is 31.0. The molecule has 0 aliphatic carbocycles. The molecule has 0 atom stereocenters. The van der Waals surface area contributed by atoms with Gasteiger partial charge in [0.1, 0.15) is 11.1 Å². The number of fused-ring (bicyclic) bond motifs is 5. The first-order chi connectivity index (χ1) is 21.1. The monoisotopic (exact) mass is 768 g/mol. The fourth-order valence-corrected chi connectivity index (χ4v) is 5.44. The SMILES string of the molecule is Cc1c[c-]c(-c2cc(C)c(C)cn2)cc1.Cc1ccc2ccc3c4cc[c-]c(-c5cc(CC(C)(C)C)ccn5)c4oc3c2n1.[Ir]. The number of rotatable bonds is 3. The van der Waals surface area contributed by atoms with Gasteiger partial charge in [0.15, 0.2) is 0 Å². The van der Waals surface area contributed by atoms with E-state index in [1.54, 1.807) is 0 Å². The van der Waals surface area contributed by atoms with Gasteiger partial charge in [0.2, 0.25) is 0 Å². The number of aryl methyl sites for hydroxylation is 4. The molecule has 4 nitrogen and oxygen atoms in total. The molecular formula is C40H37IrN3O-2. The number of furan rings is 1. The van der Waals surface area contributed by atoms with Crippen LogP contribution in [0.1, 0.15) is 48.7 Å². The molecule has 0 amide bonds. The molecule has 0 saturated carbocycles. The number of nitrogens with zero attached hydrogens (tertiary/aromatic N) is 3. The molecule has 4 heterocycles. The van der Waals surface area contributed by atoms with E-state index in [4.69, 9.17) is 9.40 Å². The van der Waals surface area contributed by atoms with Crippen LogP contribution in [0.25, 0.3) is 55.4 Å². The third-order valence-electron chi connectivity index (χ3n) is 7.83. The molecule has 45 heavy (non-hydrogen) atoms. The maximum Gasteiger partial charge on any atom is 0.147 e. The van der Waals surface area contributed by atoms with Gasteiger partial charge in [0.25, 0.3) is 0 Å². The van der Waals surface area contributed by atoms with E-state index >= 15 is 0 Å². The molecule has 3 aromatic carbocycles. The van der Waals surface area contributed by atoms with Crippen LogP contribution in [0, 0.1) is 45.2 Å². The molecule has 229 valence electrons. The van der Waals surface area contributed by atoms with Crippen LogP contribution in [0.15, 0.2) is 89.6 Å². The van der Waals surface area contributed by atoms with Crippen molar-refractivity contribution in [3.63, 3.8) is 0 Å². The molecule has 0 unspecified atom stereocenters. The molecule has 7 aromatic rings. The largest absolute Gasteiger partial charge is 0.498 e. The van der Waals surface area contributed by atoms with E-state index in [1.165, 1.54) is 22.3 Å². The molecule has 5 heteroatoms. The molecule has 7 rings (SSSR count). The third-order valence-corrected chi connectivity index (χ3v) is 7.83. The number of pyridine rings is 3. The smallest absolute Gasteiger partial charge is 0.147 e. The maximum absolute atomic E-state index is 6.41. The summed E-state index contributed by atoms with van der Waals surface area (Å²) in [6.07, 6.45) is 4.79. The van der Waals surface area contributed by atoms with E-state index in [-0.39, 0.29) is 25.5 Å². The van der Waals surface area contributed by atoms with Gasteiger partial charge in [-0.3, -0.25) is 0 Å². The molecular weight excluding hydrogens is 731 g/mol. The van der Waals surface area contributed by atoms with Crippen LogP contribution < -0.4 is 0 Å². The molecule has 0 aliphatic rings. The summed E-state index contributed by atoms with van der Waals surface area (Å²) in [5.74, 6) is 0. The van der Waals surface area contributed by atoms with E-state index in [0.717, 1.165) is 67.5 Å². The van der Waals surface area contributed by atoms with Crippen LogP contribution in [-0.4, -0.2) is 15.0 Å². The third kappa shape index (κ3) is 7.06. The van der Waals surface area contributed by atoms with Crippen LogP contribution in [0.3, 0.4) is 0 Å². The van der Waals surface area contributed by atoms with Gasteiger partial charge >= 0.3 is 0 Å². The summed E-state index contributed by atoms with van der Waals surface area (Å²) < 4.78 is 6.41. The predicted molar refractivity (Wildman–Crippen MR) is 182 cm³/mol. The Morgan fingerprint density at radius 3 is 2.27 bits per heavy atom. The Kier molecular flexibility index (Phi) is 9.34. The molecule has 0 fully saturated rings. The van der Waals surface area contributed by atoms with Crippen LogP contribution in [0.4, 0.5) is 0 Å². The van der Waals surface area contributed by atoms with Crippen molar-refractivity contribution >= 4 is 32.8 Å². The Morgan fingerprint density at radius 2 is 1.53 bits per heavy atom. The summed E-state index contributed by atoms with van der Waals surface area (Å²) in [6, 6.07) is 31.5. The zero-order valence-electron chi connectivity index (χ0n) is 26.9. The fourth-order valence-electron chi connectivity index (χ4n) is 5.44. The second kappa shape index (κ2) is 13.0. The van der Waals surface area contributed by atoms with Crippen LogP contribution in [0.2, 0.25) is 0 Å². The van der Waals surface area contributed by atoms with Crippen molar-refractivity contribution in [3.05, 3.63) is 125 Å². The van der Waals surface area contributed by atoms with E-state index in [0.29, 0.717) is 0 Å². The topological polar surface area (TPSA) is 51.8 Å². The minimum Gasteiger partial charge on any atom is -0.498 e.